The molecule has 0 radical (unpaired) electrons. The van der Waals surface area contributed by atoms with E-state index < -0.39 is 0 Å². The molecule has 6 heteroatoms. The molecule has 0 amide bonds. The van der Waals surface area contributed by atoms with Gasteiger partial charge < -0.3 is 15.6 Å². The summed E-state index contributed by atoms with van der Waals surface area (Å²) in [5, 5.41) is 8.09. The van der Waals surface area contributed by atoms with Gasteiger partial charge in [0.2, 0.25) is 0 Å². The van der Waals surface area contributed by atoms with Crippen LogP contribution in [0, 0.1) is 6.92 Å². The van der Waals surface area contributed by atoms with Gasteiger partial charge in [-0.15, -0.1) is 24.0 Å². The Balaban J connectivity index is 0.00000288. The lowest BCUT2D eigenvalue weighted by atomic mass is 10.1. The van der Waals surface area contributed by atoms with E-state index >= 15 is 0 Å². The van der Waals surface area contributed by atoms with Gasteiger partial charge in [-0.2, -0.15) is 11.8 Å². The molecule has 1 aromatic heterocycles. The van der Waals surface area contributed by atoms with Crippen LogP contribution in [0.5, 0.6) is 0 Å². The maximum absolute atomic E-state index is 4.63. The van der Waals surface area contributed by atoms with Crippen molar-refractivity contribution < 1.29 is 0 Å². The predicted octanol–water partition coefficient (Wildman–Crippen LogP) is 3.95. The Morgan fingerprint density at radius 2 is 2.04 bits per heavy atom. The van der Waals surface area contributed by atoms with Crippen molar-refractivity contribution in [3.05, 3.63) is 35.5 Å². The quantitative estimate of drug-likeness (QED) is 0.242. The van der Waals surface area contributed by atoms with Crippen molar-refractivity contribution in [2.45, 2.75) is 26.7 Å². The van der Waals surface area contributed by atoms with E-state index in [0.717, 1.165) is 44.2 Å². The lowest BCUT2D eigenvalue weighted by Gasteiger charge is -2.11. The molecule has 0 aliphatic rings. The van der Waals surface area contributed by atoms with E-state index in [-0.39, 0.29) is 24.0 Å². The Morgan fingerprint density at radius 1 is 1.25 bits per heavy atom. The second kappa shape index (κ2) is 11.6. The van der Waals surface area contributed by atoms with Gasteiger partial charge in [0.25, 0.3) is 0 Å². The third-order valence-corrected chi connectivity index (χ3v) is 4.51. The molecule has 134 valence electrons. The number of thioether (sulfide) groups is 1. The second-order valence-corrected chi connectivity index (χ2v) is 6.54. The van der Waals surface area contributed by atoms with Gasteiger partial charge >= 0.3 is 0 Å². The van der Waals surface area contributed by atoms with Crippen LogP contribution >= 0.6 is 35.7 Å². The summed E-state index contributed by atoms with van der Waals surface area (Å²) in [4.78, 5) is 8.09. The molecular weight excluding hydrogens is 431 g/mol. The first-order valence-electron chi connectivity index (χ1n) is 8.33. The molecule has 1 heterocycles. The highest BCUT2D eigenvalue weighted by molar-refractivity contribution is 14.0. The molecular formula is C18H29IN4S. The van der Waals surface area contributed by atoms with E-state index in [1.807, 2.05) is 11.8 Å². The van der Waals surface area contributed by atoms with Crippen LogP contribution in [0.4, 0.5) is 0 Å². The monoisotopic (exact) mass is 460 g/mol. The number of halogens is 1. The van der Waals surface area contributed by atoms with Crippen LogP contribution < -0.4 is 10.6 Å². The maximum Gasteiger partial charge on any atom is 0.191 e. The number of para-hydroxylation sites is 1. The molecule has 3 N–H and O–H groups in total. The number of hydrogen-bond donors (Lipinski definition) is 3. The lowest BCUT2D eigenvalue weighted by molar-refractivity contribution is 0.794. The Hall–Kier alpha value is -0.890. The molecule has 2 rings (SSSR count). The number of aryl methyl sites for hydroxylation is 1. The molecule has 2 aromatic rings. The summed E-state index contributed by atoms with van der Waals surface area (Å²) < 4.78 is 0. The van der Waals surface area contributed by atoms with Crippen LogP contribution in [0.2, 0.25) is 0 Å². The third-order valence-electron chi connectivity index (χ3n) is 3.82. The molecule has 0 atom stereocenters. The smallest absolute Gasteiger partial charge is 0.191 e. The fourth-order valence-electron chi connectivity index (χ4n) is 2.70. The highest BCUT2D eigenvalue weighted by atomic mass is 127. The Labute approximate surface area is 166 Å². The molecule has 1 aromatic carbocycles. The normalized spacial score (nSPS) is 11.4. The van der Waals surface area contributed by atoms with Crippen molar-refractivity contribution in [1.82, 2.24) is 15.6 Å². The molecule has 0 unspecified atom stereocenters. The standard InChI is InChI=1S/C18H28N4S.HI/c1-4-19-18(20-11-7-13-23-3)21-12-10-15-14(2)22-17-9-6-5-8-16(15)17;/h5-6,8-9,22H,4,7,10-13H2,1-3H3,(H2,19,20,21);1H. The predicted molar refractivity (Wildman–Crippen MR) is 119 cm³/mol. The molecule has 0 fully saturated rings. The molecule has 4 nitrogen and oxygen atoms in total. The van der Waals surface area contributed by atoms with Gasteiger partial charge in [0.15, 0.2) is 5.96 Å². The molecule has 0 aliphatic carbocycles. The van der Waals surface area contributed by atoms with Crippen molar-refractivity contribution in [3.8, 4) is 0 Å². The van der Waals surface area contributed by atoms with Gasteiger partial charge in [-0.1, -0.05) is 18.2 Å². The maximum atomic E-state index is 4.63. The average Bonchev–Trinajstić information content (AvgIpc) is 2.87. The number of aliphatic imine (C=N–C) groups is 1. The number of benzene rings is 1. The molecule has 0 saturated carbocycles. The van der Waals surface area contributed by atoms with E-state index in [0.29, 0.717) is 0 Å². The minimum atomic E-state index is 0. The number of aromatic nitrogens is 1. The topological polar surface area (TPSA) is 52.2 Å². The van der Waals surface area contributed by atoms with Crippen molar-refractivity contribution in [3.63, 3.8) is 0 Å². The summed E-state index contributed by atoms with van der Waals surface area (Å²) in [6.07, 6.45) is 4.25. The van der Waals surface area contributed by atoms with Gasteiger partial charge in [0.1, 0.15) is 0 Å². The van der Waals surface area contributed by atoms with E-state index in [2.05, 4.69) is 65.0 Å². The van der Waals surface area contributed by atoms with Crippen molar-refractivity contribution >= 4 is 52.6 Å². The van der Waals surface area contributed by atoms with E-state index in [9.17, 15) is 0 Å². The average molecular weight is 460 g/mol. The lowest BCUT2D eigenvalue weighted by Crippen LogP contribution is -2.38. The summed E-state index contributed by atoms with van der Waals surface area (Å²) in [6, 6.07) is 8.50. The summed E-state index contributed by atoms with van der Waals surface area (Å²) in [5.41, 5.74) is 3.87. The number of fused-ring (bicyclic) bond motifs is 1. The van der Waals surface area contributed by atoms with Crippen molar-refractivity contribution in [2.75, 3.05) is 31.6 Å². The number of aromatic amines is 1. The SMILES string of the molecule is CCNC(=NCCCSC)NCCc1c(C)[nH]c2ccccc12.I. The Morgan fingerprint density at radius 3 is 2.79 bits per heavy atom. The van der Waals surface area contributed by atoms with E-state index in [1.165, 1.54) is 22.2 Å². The van der Waals surface area contributed by atoms with Crippen LogP contribution in [-0.4, -0.2) is 42.6 Å². The molecule has 0 spiro atoms. The van der Waals surface area contributed by atoms with E-state index in [4.69, 9.17) is 0 Å². The van der Waals surface area contributed by atoms with Gasteiger partial charge in [0.05, 0.1) is 0 Å². The Kier molecular flexibility index (Phi) is 10.2. The summed E-state index contributed by atoms with van der Waals surface area (Å²) in [7, 11) is 0. The first-order chi connectivity index (χ1) is 11.3. The summed E-state index contributed by atoms with van der Waals surface area (Å²) in [5.74, 6) is 2.09. The summed E-state index contributed by atoms with van der Waals surface area (Å²) in [6.45, 7) is 6.90. The van der Waals surface area contributed by atoms with E-state index in [1.54, 1.807) is 0 Å². The fraction of sp³-hybridized carbons (Fsp3) is 0.500. The molecule has 24 heavy (non-hydrogen) atoms. The third kappa shape index (κ3) is 6.20. The van der Waals surface area contributed by atoms with Crippen LogP contribution in [-0.2, 0) is 6.42 Å². The zero-order valence-electron chi connectivity index (χ0n) is 14.8. The van der Waals surface area contributed by atoms with Crippen molar-refractivity contribution in [1.29, 1.82) is 0 Å². The minimum Gasteiger partial charge on any atom is -0.358 e. The van der Waals surface area contributed by atoms with Crippen LogP contribution in [0.15, 0.2) is 29.3 Å². The van der Waals surface area contributed by atoms with Crippen LogP contribution in [0.1, 0.15) is 24.6 Å². The first kappa shape index (κ1) is 21.2. The Bertz CT molecular complexity index is 639. The summed E-state index contributed by atoms with van der Waals surface area (Å²) >= 11 is 1.87. The highest BCUT2D eigenvalue weighted by Crippen LogP contribution is 2.21. The number of rotatable bonds is 8. The zero-order chi connectivity index (χ0) is 16.5. The van der Waals surface area contributed by atoms with Crippen molar-refractivity contribution in [2.24, 2.45) is 4.99 Å². The van der Waals surface area contributed by atoms with Crippen LogP contribution in [0.25, 0.3) is 10.9 Å². The number of nitrogens with one attached hydrogen (secondary N) is 3. The number of guanidine groups is 1. The van der Waals surface area contributed by atoms with Gasteiger partial charge in [-0.3, -0.25) is 4.99 Å². The van der Waals surface area contributed by atoms with Crippen LogP contribution in [0.3, 0.4) is 0 Å². The second-order valence-electron chi connectivity index (χ2n) is 5.56. The number of H-pyrrole nitrogens is 1. The molecule has 0 bridgehead atoms. The molecule has 0 aliphatic heterocycles. The first-order valence-corrected chi connectivity index (χ1v) is 9.73. The van der Waals surface area contributed by atoms with Gasteiger partial charge in [-0.25, -0.2) is 0 Å². The molecule has 0 saturated heterocycles. The number of nitrogens with zero attached hydrogens (tertiary/aromatic N) is 1. The van der Waals surface area contributed by atoms with Gasteiger partial charge in [0, 0.05) is 36.2 Å². The van der Waals surface area contributed by atoms with Gasteiger partial charge in [-0.05, 0) is 50.3 Å². The largest absolute Gasteiger partial charge is 0.358 e. The zero-order valence-corrected chi connectivity index (χ0v) is 18.0. The fourth-order valence-corrected chi connectivity index (χ4v) is 3.12. The number of hydrogen-bond acceptors (Lipinski definition) is 2. The minimum absolute atomic E-state index is 0. The highest BCUT2D eigenvalue weighted by Gasteiger charge is 2.07.